The summed E-state index contributed by atoms with van der Waals surface area (Å²) in [5, 5.41) is 5.06. The molecule has 1 rings (SSSR count). The van der Waals surface area contributed by atoms with Crippen LogP contribution in [0.25, 0.3) is 0 Å². The second kappa shape index (κ2) is 7.48. The third-order valence-corrected chi connectivity index (χ3v) is 3.81. The molecular formula is C14H27N3O2. The van der Waals surface area contributed by atoms with Crippen molar-refractivity contribution in [1.82, 2.24) is 15.5 Å². The van der Waals surface area contributed by atoms with Gasteiger partial charge in [-0.05, 0) is 52.6 Å². The van der Waals surface area contributed by atoms with Gasteiger partial charge in [0.2, 0.25) is 5.91 Å². The van der Waals surface area contributed by atoms with Crippen LogP contribution in [0.4, 0.5) is 4.79 Å². The molecule has 1 unspecified atom stereocenters. The van der Waals surface area contributed by atoms with E-state index in [1.165, 1.54) is 6.42 Å². The summed E-state index contributed by atoms with van der Waals surface area (Å²) in [6.07, 6.45) is 3.50. The molecule has 0 aliphatic carbocycles. The Hall–Kier alpha value is -1.10. The lowest BCUT2D eigenvalue weighted by atomic mass is 9.93. The van der Waals surface area contributed by atoms with Crippen LogP contribution in [-0.2, 0) is 4.79 Å². The number of carbonyl (C=O) groups excluding carboxylic acids is 2. The lowest BCUT2D eigenvalue weighted by Crippen LogP contribution is -2.52. The van der Waals surface area contributed by atoms with Gasteiger partial charge in [-0.3, -0.25) is 15.0 Å². The minimum atomic E-state index is -0.407. The number of nitrogens with zero attached hydrogens (tertiary/aromatic N) is 1. The molecule has 1 heterocycles. The van der Waals surface area contributed by atoms with Crippen LogP contribution in [0.2, 0.25) is 0 Å². The quantitative estimate of drug-likeness (QED) is 0.817. The molecule has 1 fully saturated rings. The van der Waals surface area contributed by atoms with E-state index in [0.29, 0.717) is 0 Å². The molecule has 3 amide bonds. The summed E-state index contributed by atoms with van der Waals surface area (Å²) in [7, 11) is 0. The van der Waals surface area contributed by atoms with Crippen molar-refractivity contribution in [3.8, 4) is 0 Å². The molecule has 110 valence electrons. The van der Waals surface area contributed by atoms with E-state index in [1.54, 1.807) is 0 Å². The van der Waals surface area contributed by atoms with Crippen molar-refractivity contribution < 1.29 is 9.59 Å². The van der Waals surface area contributed by atoms with Crippen LogP contribution in [0.15, 0.2) is 0 Å². The molecule has 1 saturated heterocycles. The van der Waals surface area contributed by atoms with E-state index in [1.807, 2.05) is 20.8 Å². The van der Waals surface area contributed by atoms with E-state index in [-0.39, 0.29) is 18.0 Å². The van der Waals surface area contributed by atoms with Gasteiger partial charge in [0.1, 0.15) is 0 Å². The maximum atomic E-state index is 12.0. The first-order valence-electron chi connectivity index (χ1n) is 7.29. The fourth-order valence-corrected chi connectivity index (χ4v) is 2.43. The molecule has 19 heavy (non-hydrogen) atoms. The van der Waals surface area contributed by atoms with Crippen LogP contribution in [-0.4, -0.2) is 42.0 Å². The maximum Gasteiger partial charge on any atom is 0.321 e. The Morgan fingerprint density at radius 1 is 1.21 bits per heavy atom. The van der Waals surface area contributed by atoms with Crippen molar-refractivity contribution in [3.63, 3.8) is 0 Å². The fourth-order valence-electron chi connectivity index (χ4n) is 2.43. The topological polar surface area (TPSA) is 61.4 Å². The van der Waals surface area contributed by atoms with Gasteiger partial charge in [-0.25, -0.2) is 4.79 Å². The summed E-state index contributed by atoms with van der Waals surface area (Å²) < 4.78 is 0. The number of urea groups is 1. The zero-order valence-corrected chi connectivity index (χ0v) is 12.5. The van der Waals surface area contributed by atoms with Crippen molar-refractivity contribution in [2.24, 2.45) is 5.92 Å². The molecule has 0 aromatic rings. The van der Waals surface area contributed by atoms with Crippen molar-refractivity contribution in [2.75, 3.05) is 13.1 Å². The van der Waals surface area contributed by atoms with E-state index < -0.39 is 6.03 Å². The molecule has 1 aliphatic rings. The third kappa shape index (κ3) is 5.19. The Morgan fingerprint density at radius 2 is 1.79 bits per heavy atom. The molecule has 0 radical (unpaired) electrons. The molecule has 5 heteroatoms. The Bertz CT molecular complexity index is 310. The first kappa shape index (κ1) is 16.0. The fraction of sp³-hybridized carbons (Fsp3) is 0.857. The van der Waals surface area contributed by atoms with E-state index in [4.69, 9.17) is 0 Å². The van der Waals surface area contributed by atoms with E-state index in [2.05, 4.69) is 22.5 Å². The highest BCUT2D eigenvalue weighted by atomic mass is 16.2. The van der Waals surface area contributed by atoms with Crippen LogP contribution in [0.3, 0.4) is 0 Å². The van der Waals surface area contributed by atoms with Crippen LogP contribution >= 0.6 is 0 Å². The Kier molecular flexibility index (Phi) is 6.28. The standard InChI is InChI=1S/C14H27N3O2/c1-5-12-6-8-17(9-7-12)11(4)13(18)16-14(19)15-10(2)3/h10-12H,5-9H2,1-4H3,(H2,15,16,18,19). The molecule has 2 N–H and O–H groups in total. The lowest BCUT2D eigenvalue weighted by Gasteiger charge is -2.34. The van der Waals surface area contributed by atoms with E-state index in [0.717, 1.165) is 31.8 Å². The monoisotopic (exact) mass is 269 g/mol. The smallest absolute Gasteiger partial charge is 0.321 e. The van der Waals surface area contributed by atoms with Gasteiger partial charge in [0.05, 0.1) is 6.04 Å². The molecule has 5 nitrogen and oxygen atoms in total. The minimum Gasteiger partial charge on any atom is -0.336 e. The van der Waals surface area contributed by atoms with Crippen molar-refractivity contribution >= 4 is 11.9 Å². The Balaban J connectivity index is 2.38. The van der Waals surface area contributed by atoms with Crippen LogP contribution in [0, 0.1) is 5.92 Å². The summed E-state index contributed by atoms with van der Waals surface area (Å²) in [5.74, 6) is 0.573. The normalized spacial score (nSPS) is 19.2. The maximum absolute atomic E-state index is 12.0. The summed E-state index contributed by atoms with van der Waals surface area (Å²) in [5.41, 5.74) is 0. The van der Waals surface area contributed by atoms with Gasteiger partial charge in [0.25, 0.3) is 0 Å². The Labute approximate surface area is 116 Å². The van der Waals surface area contributed by atoms with E-state index >= 15 is 0 Å². The van der Waals surface area contributed by atoms with Crippen LogP contribution in [0.5, 0.6) is 0 Å². The van der Waals surface area contributed by atoms with Crippen molar-refractivity contribution in [1.29, 1.82) is 0 Å². The minimum absolute atomic E-state index is 0.0309. The number of piperidine rings is 1. The SMILES string of the molecule is CCC1CCN(C(C)C(=O)NC(=O)NC(C)C)CC1. The summed E-state index contributed by atoms with van der Waals surface area (Å²) in [6, 6.07) is -0.616. The van der Waals surface area contributed by atoms with Gasteiger partial charge in [-0.1, -0.05) is 13.3 Å². The highest BCUT2D eigenvalue weighted by molar-refractivity contribution is 5.96. The second-order valence-electron chi connectivity index (χ2n) is 5.68. The number of carbonyl (C=O) groups is 2. The molecule has 1 atom stereocenters. The lowest BCUT2D eigenvalue weighted by molar-refractivity contribution is -0.125. The highest BCUT2D eigenvalue weighted by Gasteiger charge is 2.26. The van der Waals surface area contributed by atoms with Crippen molar-refractivity contribution in [3.05, 3.63) is 0 Å². The molecule has 0 spiro atoms. The average molecular weight is 269 g/mol. The third-order valence-electron chi connectivity index (χ3n) is 3.81. The summed E-state index contributed by atoms with van der Waals surface area (Å²) >= 11 is 0. The molecule has 0 bridgehead atoms. The van der Waals surface area contributed by atoms with Gasteiger partial charge < -0.3 is 5.32 Å². The van der Waals surface area contributed by atoms with Gasteiger partial charge >= 0.3 is 6.03 Å². The molecule has 1 aliphatic heterocycles. The van der Waals surface area contributed by atoms with Crippen LogP contribution < -0.4 is 10.6 Å². The van der Waals surface area contributed by atoms with Gasteiger partial charge in [-0.15, -0.1) is 0 Å². The Morgan fingerprint density at radius 3 is 2.26 bits per heavy atom. The van der Waals surface area contributed by atoms with E-state index in [9.17, 15) is 9.59 Å². The van der Waals surface area contributed by atoms with Gasteiger partial charge in [0.15, 0.2) is 0 Å². The first-order chi connectivity index (χ1) is 8.93. The summed E-state index contributed by atoms with van der Waals surface area (Å²) in [6.45, 7) is 9.70. The average Bonchev–Trinajstić information content (AvgIpc) is 2.36. The largest absolute Gasteiger partial charge is 0.336 e. The number of hydrogen-bond acceptors (Lipinski definition) is 3. The number of imide groups is 1. The predicted molar refractivity (Wildman–Crippen MR) is 75.9 cm³/mol. The number of nitrogens with one attached hydrogen (secondary N) is 2. The van der Waals surface area contributed by atoms with Gasteiger partial charge in [0, 0.05) is 6.04 Å². The molecule has 0 saturated carbocycles. The zero-order valence-electron chi connectivity index (χ0n) is 12.5. The van der Waals surface area contributed by atoms with Gasteiger partial charge in [-0.2, -0.15) is 0 Å². The highest BCUT2D eigenvalue weighted by Crippen LogP contribution is 2.21. The number of amides is 3. The molecular weight excluding hydrogens is 242 g/mol. The molecule has 0 aromatic heterocycles. The number of hydrogen-bond donors (Lipinski definition) is 2. The second-order valence-corrected chi connectivity index (χ2v) is 5.68. The van der Waals surface area contributed by atoms with Crippen LogP contribution in [0.1, 0.15) is 47.0 Å². The number of likely N-dealkylation sites (tertiary alicyclic amines) is 1. The van der Waals surface area contributed by atoms with Crippen molar-refractivity contribution in [2.45, 2.75) is 59.0 Å². The summed E-state index contributed by atoms with van der Waals surface area (Å²) in [4.78, 5) is 25.6. The predicted octanol–water partition coefficient (Wildman–Crippen LogP) is 1.73. The molecule has 0 aromatic carbocycles. The first-order valence-corrected chi connectivity index (χ1v) is 7.29. The zero-order chi connectivity index (χ0) is 14.4. The number of rotatable bonds is 4.